The van der Waals surface area contributed by atoms with Gasteiger partial charge in [0.2, 0.25) is 0 Å². The van der Waals surface area contributed by atoms with E-state index < -0.39 is 16.6 Å². The maximum absolute atomic E-state index is 12.8. The minimum absolute atomic E-state index is 0.0476. The molecule has 34 heavy (non-hydrogen) atoms. The predicted molar refractivity (Wildman–Crippen MR) is 121 cm³/mol. The fourth-order valence-electron chi connectivity index (χ4n) is 8.92. The number of hydrogen-bond donors (Lipinski definition) is 1. The van der Waals surface area contributed by atoms with E-state index >= 15 is 0 Å². The number of nitrogens with zero attached hydrogens (tertiary/aromatic N) is 2. The largest absolute Gasteiger partial charge is 0.493 e. The van der Waals surface area contributed by atoms with Crippen LogP contribution in [0.15, 0.2) is 12.1 Å². The van der Waals surface area contributed by atoms with Gasteiger partial charge in [-0.2, -0.15) is 0 Å². The Labute approximate surface area is 200 Å². The maximum atomic E-state index is 12.8. The monoisotopic (exact) mass is 470 g/mol. The molecular formula is C26H34N2O6. The van der Waals surface area contributed by atoms with Gasteiger partial charge in [0, 0.05) is 18.2 Å². The molecule has 1 aromatic rings. The first-order valence-electron chi connectivity index (χ1n) is 12.9. The van der Waals surface area contributed by atoms with E-state index in [4.69, 9.17) is 23.7 Å². The number of fused-ring (bicyclic) bond motifs is 2. The number of aliphatic hydroxyl groups is 1. The molecule has 0 aromatic heterocycles. The summed E-state index contributed by atoms with van der Waals surface area (Å²) in [6.07, 6.45) is 2.35. The zero-order valence-electron chi connectivity index (χ0n) is 20.2. The van der Waals surface area contributed by atoms with Crippen molar-refractivity contribution >= 4 is 0 Å². The van der Waals surface area contributed by atoms with Crippen LogP contribution in [0, 0.1) is 5.92 Å². The highest BCUT2D eigenvalue weighted by Crippen LogP contribution is 2.69. The molecule has 7 aliphatic rings. The third kappa shape index (κ3) is 2.11. The molecule has 0 radical (unpaired) electrons. The number of methoxy groups -OCH3 is 1. The lowest BCUT2D eigenvalue weighted by Gasteiger charge is -2.66. The second kappa shape index (κ2) is 6.47. The van der Waals surface area contributed by atoms with Crippen molar-refractivity contribution in [3.63, 3.8) is 0 Å². The number of piperidine rings is 1. The zero-order valence-corrected chi connectivity index (χ0v) is 20.2. The number of rotatable bonds is 3. The molecule has 8 atom stereocenters. The van der Waals surface area contributed by atoms with Gasteiger partial charge in [0.1, 0.15) is 30.4 Å². The summed E-state index contributed by atoms with van der Waals surface area (Å²) in [6, 6.07) is 4.30. The van der Waals surface area contributed by atoms with Crippen LogP contribution in [0.3, 0.4) is 0 Å². The normalized spacial score (nSPS) is 47.9. The van der Waals surface area contributed by atoms with Crippen LogP contribution in [-0.2, 0) is 26.0 Å². The fraction of sp³-hybridized carbons (Fsp3) is 0.769. The van der Waals surface area contributed by atoms with Crippen LogP contribution in [0.2, 0.25) is 0 Å². The molecule has 184 valence electrons. The molecule has 5 heterocycles. The maximum Gasteiger partial charge on any atom is 0.166 e. The standard InChI is InChI=1S/C26H34N2O6/c1-14(2)11-27-9-8-24-20-15-4-5-16(30-3)21(20)33-22(24)25(6-7-26(24,29)17(27)10-15)23-28-18(12-32-23)31-13-19(28)34-25/h4-5,14,17-19,22-23,29H,6-13H2,1-3H3. The highest BCUT2D eigenvalue weighted by molar-refractivity contribution is 5.63. The molecule has 8 unspecified atom stereocenters. The Hall–Kier alpha value is -1.42. The molecule has 2 bridgehead atoms. The average Bonchev–Trinajstić information content (AvgIpc) is 3.54. The minimum atomic E-state index is -0.883. The van der Waals surface area contributed by atoms with Gasteiger partial charge >= 0.3 is 0 Å². The molecular weight excluding hydrogens is 436 g/mol. The second-order valence-electron chi connectivity index (χ2n) is 11.8. The first-order valence-corrected chi connectivity index (χ1v) is 12.9. The summed E-state index contributed by atoms with van der Waals surface area (Å²) in [5.41, 5.74) is 0.388. The lowest BCUT2D eigenvalue weighted by Crippen LogP contribution is -2.80. The molecule has 2 spiro atoms. The molecule has 0 amide bonds. The van der Waals surface area contributed by atoms with Gasteiger partial charge in [-0.15, -0.1) is 0 Å². The van der Waals surface area contributed by atoms with Crippen LogP contribution in [-0.4, -0.2) is 90.4 Å². The molecule has 1 aromatic carbocycles. The smallest absolute Gasteiger partial charge is 0.166 e. The lowest BCUT2D eigenvalue weighted by molar-refractivity contribution is -0.259. The Kier molecular flexibility index (Phi) is 3.94. The van der Waals surface area contributed by atoms with Crippen molar-refractivity contribution in [3.8, 4) is 11.5 Å². The summed E-state index contributed by atoms with van der Waals surface area (Å²) in [6.45, 7) is 7.59. The van der Waals surface area contributed by atoms with Crippen LogP contribution < -0.4 is 9.47 Å². The summed E-state index contributed by atoms with van der Waals surface area (Å²) in [5.74, 6) is 2.10. The van der Waals surface area contributed by atoms with Gasteiger partial charge in [0.15, 0.2) is 11.5 Å². The third-order valence-electron chi connectivity index (χ3n) is 10.0. The molecule has 2 aliphatic carbocycles. The van der Waals surface area contributed by atoms with E-state index in [1.165, 1.54) is 11.1 Å². The molecule has 8 nitrogen and oxygen atoms in total. The third-order valence-corrected chi connectivity index (χ3v) is 10.0. The van der Waals surface area contributed by atoms with E-state index in [1.54, 1.807) is 7.11 Å². The van der Waals surface area contributed by atoms with Crippen molar-refractivity contribution in [2.45, 2.75) is 87.0 Å². The first kappa shape index (κ1) is 20.7. The summed E-state index contributed by atoms with van der Waals surface area (Å²) in [4.78, 5) is 4.81. The topological polar surface area (TPSA) is 72.9 Å². The summed E-state index contributed by atoms with van der Waals surface area (Å²) >= 11 is 0. The van der Waals surface area contributed by atoms with Crippen molar-refractivity contribution < 1.29 is 28.8 Å². The molecule has 8 rings (SSSR count). The van der Waals surface area contributed by atoms with Crippen molar-refractivity contribution in [1.29, 1.82) is 0 Å². The molecule has 1 N–H and O–H groups in total. The molecule has 5 fully saturated rings. The van der Waals surface area contributed by atoms with E-state index in [9.17, 15) is 5.11 Å². The van der Waals surface area contributed by atoms with Crippen molar-refractivity contribution in [1.82, 2.24) is 9.80 Å². The Morgan fingerprint density at radius 2 is 2.00 bits per heavy atom. The van der Waals surface area contributed by atoms with E-state index in [2.05, 4.69) is 29.7 Å². The van der Waals surface area contributed by atoms with Gasteiger partial charge in [-0.1, -0.05) is 19.9 Å². The van der Waals surface area contributed by atoms with Gasteiger partial charge in [0.05, 0.1) is 31.3 Å². The van der Waals surface area contributed by atoms with Crippen LogP contribution >= 0.6 is 0 Å². The Morgan fingerprint density at radius 1 is 1.15 bits per heavy atom. The molecule has 4 saturated heterocycles. The van der Waals surface area contributed by atoms with Crippen molar-refractivity contribution in [3.05, 3.63) is 23.3 Å². The summed E-state index contributed by atoms with van der Waals surface area (Å²) in [7, 11) is 1.70. The van der Waals surface area contributed by atoms with E-state index in [-0.39, 0.29) is 30.8 Å². The summed E-state index contributed by atoms with van der Waals surface area (Å²) in [5, 5.41) is 12.8. The van der Waals surface area contributed by atoms with E-state index in [1.807, 2.05) is 6.07 Å². The summed E-state index contributed by atoms with van der Waals surface area (Å²) < 4.78 is 31.9. The Balaban J connectivity index is 1.33. The van der Waals surface area contributed by atoms with Gasteiger partial charge in [-0.05, 0) is 49.8 Å². The number of benzene rings is 1. The van der Waals surface area contributed by atoms with Crippen molar-refractivity contribution in [2.24, 2.45) is 5.92 Å². The number of hydrogen-bond acceptors (Lipinski definition) is 8. The lowest BCUT2D eigenvalue weighted by atomic mass is 9.46. The highest BCUT2D eigenvalue weighted by atomic mass is 16.7. The molecule has 1 saturated carbocycles. The van der Waals surface area contributed by atoms with E-state index in [0.717, 1.165) is 37.4 Å². The van der Waals surface area contributed by atoms with Crippen LogP contribution in [0.5, 0.6) is 11.5 Å². The average molecular weight is 471 g/mol. The van der Waals surface area contributed by atoms with Crippen LogP contribution in [0.25, 0.3) is 0 Å². The first-order chi connectivity index (χ1) is 16.4. The SMILES string of the molecule is COc1ccc2c3c1OC1C4(CCC5(O)C(C2)N(CC(C)C)CCC315)OC1COC2COC4N21. The number of ether oxygens (including phenoxy) is 5. The molecule has 8 heteroatoms. The second-order valence-corrected chi connectivity index (χ2v) is 11.8. The quantitative estimate of drug-likeness (QED) is 0.715. The van der Waals surface area contributed by atoms with Crippen molar-refractivity contribution in [2.75, 3.05) is 33.4 Å². The van der Waals surface area contributed by atoms with E-state index in [0.29, 0.717) is 32.0 Å². The van der Waals surface area contributed by atoms with Crippen LogP contribution in [0.1, 0.15) is 44.2 Å². The fourth-order valence-corrected chi connectivity index (χ4v) is 8.92. The van der Waals surface area contributed by atoms with Gasteiger partial charge in [0.25, 0.3) is 0 Å². The highest BCUT2D eigenvalue weighted by Gasteiger charge is 2.80. The van der Waals surface area contributed by atoms with Crippen LogP contribution in [0.4, 0.5) is 0 Å². The Morgan fingerprint density at radius 3 is 2.82 bits per heavy atom. The van der Waals surface area contributed by atoms with Gasteiger partial charge < -0.3 is 28.8 Å². The minimum Gasteiger partial charge on any atom is -0.493 e. The molecule has 5 aliphatic heterocycles. The zero-order chi connectivity index (χ0) is 23.0. The van der Waals surface area contributed by atoms with Gasteiger partial charge in [-0.25, -0.2) is 4.90 Å². The number of likely N-dealkylation sites (tertiary alicyclic amines) is 1. The Bertz CT molecular complexity index is 1070. The predicted octanol–water partition coefficient (Wildman–Crippen LogP) is 1.61. The van der Waals surface area contributed by atoms with Gasteiger partial charge in [-0.3, -0.25) is 4.90 Å².